The zero-order valence-corrected chi connectivity index (χ0v) is 21.3. The lowest BCUT2D eigenvalue weighted by molar-refractivity contribution is -0.129. The number of carbonyl (C=O) groups excluding carboxylic acids is 1. The fourth-order valence-electron chi connectivity index (χ4n) is 3.58. The number of hydrogen-bond acceptors (Lipinski definition) is 4. The average molecular weight is 552 g/mol. The molecule has 0 radical (unpaired) electrons. The Kier molecular flexibility index (Phi) is 10.6. The monoisotopic (exact) mass is 552 g/mol. The van der Waals surface area contributed by atoms with E-state index in [4.69, 9.17) is 9.47 Å². The number of nitrogens with one attached hydrogen (secondary N) is 2. The van der Waals surface area contributed by atoms with Crippen molar-refractivity contribution in [2.75, 3.05) is 27.2 Å². The Hall–Kier alpha value is -2.49. The lowest BCUT2D eigenvalue weighted by Crippen LogP contribution is -2.44. The van der Waals surface area contributed by atoms with Gasteiger partial charge in [0, 0.05) is 39.1 Å². The van der Waals surface area contributed by atoms with Crippen molar-refractivity contribution in [1.82, 2.24) is 15.5 Å². The van der Waals surface area contributed by atoms with Crippen molar-refractivity contribution < 1.29 is 14.3 Å². The summed E-state index contributed by atoms with van der Waals surface area (Å²) >= 11 is 0. The van der Waals surface area contributed by atoms with Crippen molar-refractivity contribution >= 4 is 35.8 Å². The number of ether oxygens (including phenoxy) is 2. The van der Waals surface area contributed by atoms with Gasteiger partial charge in [0.25, 0.3) is 0 Å². The topological polar surface area (TPSA) is 75.2 Å². The molecule has 0 aromatic heterocycles. The molecule has 1 unspecified atom stereocenters. The molecule has 0 spiro atoms. The van der Waals surface area contributed by atoms with Crippen LogP contribution in [0.1, 0.15) is 30.9 Å². The molecule has 1 aliphatic rings. The highest BCUT2D eigenvalue weighted by Crippen LogP contribution is 2.28. The number of aliphatic imine (C=N–C) groups is 1. The highest BCUT2D eigenvalue weighted by molar-refractivity contribution is 14.0. The Morgan fingerprint density at radius 2 is 1.94 bits per heavy atom. The quantitative estimate of drug-likeness (QED) is 0.298. The number of rotatable bonds is 8. The minimum atomic E-state index is 0. The molecule has 1 atom stereocenters. The molecule has 0 saturated carbocycles. The van der Waals surface area contributed by atoms with Crippen LogP contribution in [0.4, 0.5) is 0 Å². The van der Waals surface area contributed by atoms with Gasteiger partial charge in [-0.2, -0.15) is 0 Å². The molecule has 1 fully saturated rings. The molecule has 32 heavy (non-hydrogen) atoms. The Balaban J connectivity index is 0.00000363. The van der Waals surface area contributed by atoms with E-state index in [1.54, 1.807) is 14.2 Å². The van der Waals surface area contributed by atoms with Gasteiger partial charge in [-0.3, -0.25) is 9.79 Å². The molecule has 8 heteroatoms. The second-order valence-electron chi connectivity index (χ2n) is 7.51. The Morgan fingerprint density at radius 1 is 1.16 bits per heavy atom. The predicted octanol–water partition coefficient (Wildman–Crippen LogP) is 3.57. The van der Waals surface area contributed by atoms with Crippen molar-refractivity contribution in [3.63, 3.8) is 0 Å². The van der Waals surface area contributed by atoms with E-state index in [2.05, 4.69) is 15.6 Å². The minimum absolute atomic E-state index is 0. The summed E-state index contributed by atoms with van der Waals surface area (Å²) < 4.78 is 11.5. The molecule has 0 aliphatic carbocycles. The highest BCUT2D eigenvalue weighted by Gasteiger charge is 2.25. The summed E-state index contributed by atoms with van der Waals surface area (Å²) in [5.74, 6) is 2.33. The van der Waals surface area contributed by atoms with Crippen LogP contribution in [-0.2, 0) is 17.9 Å². The number of likely N-dealkylation sites (tertiary alicyclic amines) is 1. The van der Waals surface area contributed by atoms with Crippen molar-refractivity contribution in [3.8, 4) is 11.5 Å². The second-order valence-corrected chi connectivity index (χ2v) is 7.51. The normalized spacial score (nSPS) is 15.7. The van der Waals surface area contributed by atoms with Gasteiger partial charge < -0.3 is 25.0 Å². The first kappa shape index (κ1) is 25.8. The number of guanidine groups is 1. The van der Waals surface area contributed by atoms with E-state index in [9.17, 15) is 4.79 Å². The molecule has 0 bridgehead atoms. The van der Waals surface area contributed by atoms with Gasteiger partial charge in [0.05, 0.1) is 7.11 Å². The molecular weight excluding hydrogens is 519 g/mol. The minimum Gasteiger partial charge on any atom is -0.493 e. The van der Waals surface area contributed by atoms with E-state index in [0.717, 1.165) is 30.1 Å². The predicted molar refractivity (Wildman–Crippen MR) is 138 cm³/mol. The summed E-state index contributed by atoms with van der Waals surface area (Å²) in [4.78, 5) is 18.1. The van der Waals surface area contributed by atoms with E-state index in [0.29, 0.717) is 37.6 Å². The van der Waals surface area contributed by atoms with Gasteiger partial charge in [-0.25, -0.2) is 0 Å². The standard InChI is InChI=1S/C24H32N4O3.HI/c1-4-23(29)28-13-12-20(16-28)27-24(25-2)26-15-19-10-11-21(22(14-19)30-3)31-17-18-8-6-5-7-9-18;/h5-11,14,20H,4,12-13,15-17H2,1-3H3,(H2,25,26,27);1H. The largest absolute Gasteiger partial charge is 0.493 e. The first-order valence-corrected chi connectivity index (χ1v) is 10.7. The van der Waals surface area contributed by atoms with Crippen LogP contribution >= 0.6 is 24.0 Å². The number of benzene rings is 2. The van der Waals surface area contributed by atoms with E-state index >= 15 is 0 Å². The number of methoxy groups -OCH3 is 1. The maximum Gasteiger partial charge on any atom is 0.222 e. The first-order chi connectivity index (χ1) is 15.1. The van der Waals surface area contributed by atoms with E-state index < -0.39 is 0 Å². The first-order valence-electron chi connectivity index (χ1n) is 10.7. The van der Waals surface area contributed by atoms with Crippen molar-refractivity contribution in [2.24, 2.45) is 4.99 Å². The number of nitrogens with zero attached hydrogens (tertiary/aromatic N) is 2. The molecule has 174 valence electrons. The molecule has 1 heterocycles. The van der Waals surface area contributed by atoms with Crippen molar-refractivity contribution in [3.05, 3.63) is 59.7 Å². The van der Waals surface area contributed by atoms with Gasteiger partial charge in [-0.15, -0.1) is 24.0 Å². The third-order valence-corrected chi connectivity index (χ3v) is 5.33. The molecule has 1 aliphatic heterocycles. The van der Waals surface area contributed by atoms with Crippen LogP contribution in [-0.4, -0.2) is 50.1 Å². The van der Waals surface area contributed by atoms with Gasteiger partial charge in [0.2, 0.25) is 5.91 Å². The van der Waals surface area contributed by atoms with Crippen LogP contribution in [0.15, 0.2) is 53.5 Å². The Labute approximate surface area is 207 Å². The van der Waals surface area contributed by atoms with Crippen LogP contribution < -0.4 is 20.1 Å². The molecule has 2 aromatic rings. The maximum absolute atomic E-state index is 11.9. The van der Waals surface area contributed by atoms with Gasteiger partial charge >= 0.3 is 0 Å². The zero-order chi connectivity index (χ0) is 22.1. The van der Waals surface area contributed by atoms with Crippen LogP contribution in [0.2, 0.25) is 0 Å². The SMILES string of the molecule is CCC(=O)N1CCC(NC(=NC)NCc2ccc(OCc3ccccc3)c(OC)c2)C1.I. The van der Waals surface area contributed by atoms with Crippen LogP contribution in [0.5, 0.6) is 11.5 Å². The molecule has 3 rings (SSSR count). The fraction of sp³-hybridized carbons (Fsp3) is 0.417. The number of hydrogen-bond donors (Lipinski definition) is 2. The number of amides is 1. The van der Waals surface area contributed by atoms with Gasteiger partial charge in [0.15, 0.2) is 17.5 Å². The fourth-order valence-corrected chi connectivity index (χ4v) is 3.58. The summed E-state index contributed by atoms with van der Waals surface area (Å²) in [7, 11) is 3.40. The highest BCUT2D eigenvalue weighted by atomic mass is 127. The molecule has 7 nitrogen and oxygen atoms in total. The molecule has 2 aromatic carbocycles. The number of carbonyl (C=O) groups is 1. The molecule has 2 N–H and O–H groups in total. The zero-order valence-electron chi connectivity index (χ0n) is 19.0. The molecule has 1 saturated heterocycles. The van der Waals surface area contributed by atoms with E-state index in [1.807, 2.05) is 60.4 Å². The summed E-state index contributed by atoms with van der Waals surface area (Å²) in [5, 5.41) is 6.75. The number of halogens is 1. The van der Waals surface area contributed by atoms with Crippen molar-refractivity contribution in [1.29, 1.82) is 0 Å². The molecular formula is C24H33IN4O3. The summed E-state index contributed by atoms with van der Waals surface area (Å²) in [6.07, 6.45) is 1.47. The van der Waals surface area contributed by atoms with Crippen LogP contribution in [0.3, 0.4) is 0 Å². The Bertz CT molecular complexity index is 892. The molecule has 1 amide bonds. The van der Waals surface area contributed by atoms with E-state index in [1.165, 1.54) is 0 Å². The van der Waals surface area contributed by atoms with Crippen LogP contribution in [0.25, 0.3) is 0 Å². The second kappa shape index (κ2) is 13.1. The lowest BCUT2D eigenvalue weighted by atomic mass is 10.2. The summed E-state index contributed by atoms with van der Waals surface area (Å²) in [5.41, 5.74) is 2.16. The average Bonchev–Trinajstić information content (AvgIpc) is 3.29. The van der Waals surface area contributed by atoms with Gasteiger partial charge in [-0.1, -0.05) is 43.3 Å². The summed E-state index contributed by atoms with van der Waals surface area (Å²) in [6, 6.07) is 16.2. The van der Waals surface area contributed by atoms with Gasteiger partial charge in [-0.05, 0) is 29.7 Å². The van der Waals surface area contributed by atoms with Crippen molar-refractivity contribution in [2.45, 2.75) is 39.0 Å². The van der Waals surface area contributed by atoms with Gasteiger partial charge in [0.1, 0.15) is 6.61 Å². The summed E-state index contributed by atoms with van der Waals surface area (Å²) in [6.45, 7) is 4.50. The lowest BCUT2D eigenvalue weighted by Gasteiger charge is -2.19. The third kappa shape index (κ3) is 7.29. The third-order valence-electron chi connectivity index (χ3n) is 5.33. The van der Waals surface area contributed by atoms with Crippen LogP contribution in [0, 0.1) is 0 Å². The smallest absolute Gasteiger partial charge is 0.222 e. The Morgan fingerprint density at radius 3 is 2.62 bits per heavy atom. The maximum atomic E-state index is 11.9. The van der Waals surface area contributed by atoms with E-state index in [-0.39, 0.29) is 35.9 Å².